The smallest absolute Gasteiger partial charge is 0.257 e. The van der Waals surface area contributed by atoms with Crippen molar-refractivity contribution in [2.75, 3.05) is 26.2 Å². The number of carbonyl (C=O) groups excluding carboxylic acids is 2. The van der Waals surface area contributed by atoms with Crippen molar-refractivity contribution in [2.24, 2.45) is 11.3 Å². The van der Waals surface area contributed by atoms with Crippen LogP contribution in [-0.2, 0) is 4.79 Å². The fourth-order valence-electron chi connectivity index (χ4n) is 4.46. The Labute approximate surface area is 155 Å². The van der Waals surface area contributed by atoms with Crippen LogP contribution in [0.25, 0.3) is 0 Å². The van der Waals surface area contributed by atoms with E-state index in [0.29, 0.717) is 31.0 Å². The van der Waals surface area contributed by atoms with Gasteiger partial charge in [-0.05, 0) is 62.5 Å². The van der Waals surface area contributed by atoms with Crippen LogP contribution in [0.4, 0.5) is 0 Å². The van der Waals surface area contributed by atoms with Crippen molar-refractivity contribution < 1.29 is 14.7 Å². The number of carbonyl (C=O) groups is 2. The molecule has 0 bridgehead atoms. The lowest BCUT2D eigenvalue weighted by Gasteiger charge is -2.47. The van der Waals surface area contributed by atoms with E-state index in [1.165, 1.54) is 12.8 Å². The van der Waals surface area contributed by atoms with Crippen LogP contribution in [0.15, 0.2) is 18.2 Å². The van der Waals surface area contributed by atoms with E-state index in [2.05, 4.69) is 4.90 Å². The maximum absolute atomic E-state index is 12.8. The molecule has 0 unspecified atom stereocenters. The zero-order valence-electron chi connectivity index (χ0n) is 15.5. The molecule has 2 heterocycles. The van der Waals surface area contributed by atoms with E-state index in [1.807, 2.05) is 17.9 Å². The SMILES string of the molecule is Cc1ccc(O)c(C(=O)N2CCC3(CCC(=O)N(CC4CC4)C3)CC2)c1. The largest absolute Gasteiger partial charge is 0.507 e. The molecule has 2 saturated heterocycles. The Morgan fingerprint density at radius 3 is 2.65 bits per heavy atom. The summed E-state index contributed by atoms with van der Waals surface area (Å²) in [5.41, 5.74) is 1.55. The van der Waals surface area contributed by atoms with Gasteiger partial charge in [-0.25, -0.2) is 0 Å². The number of likely N-dealkylation sites (tertiary alicyclic amines) is 2. The summed E-state index contributed by atoms with van der Waals surface area (Å²) in [4.78, 5) is 29.0. The van der Waals surface area contributed by atoms with Gasteiger partial charge in [0.15, 0.2) is 0 Å². The van der Waals surface area contributed by atoms with Crippen molar-refractivity contribution in [2.45, 2.75) is 45.4 Å². The molecule has 5 nitrogen and oxygen atoms in total. The summed E-state index contributed by atoms with van der Waals surface area (Å²) in [6.07, 6.45) is 6.02. The summed E-state index contributed by atoms with van der Waals surface area (Å²) >= 11 is 0. The number of rotatable bonds is 3. The van der Waals surface area contributed by atoms with Gasteiger partial charge < -0.3 is 14.9 Å². The number of phenols is 1. The Morgan fingerprint density at radius 2 is 1.96 bits per heavy atom. The molecule has 0 radical (unpaired) electrons. The van der Waals surface area contributed by atoms with Crippen molar-refractivity contribution in [1.82, 2.24) is 9.80 Å². The van der Waals surface area contributed by atoms with E-state index in [0.717, 1.165) is 43.8 Å². The van der Waals surface area contributed by atoms with Crippen LogP contribution in [0.3, 0.4) is 0 Å². The topological polar surface area (TPSA) is 60.9 Å². The summed E-state index contributed by atoms with van der Waals surface area (Å²) in [5, 5.41) is 10.0. The highest BCUT2D eigenvalue weighted by Gasteiger charge is 2.43. The third kappa shape index (κ3) is 3.44. The minimum Gasteiger partial charge on any atom is -0.507 e. The highest BCUT2D eigenvalue weighted by atomic mass is 16.3. The van der Waals surface area contributed by atoms with Gasteiger partial charge in [-0.3, -0.25) is 9.59 Å². The average molecular weight is 356 g/mol. The molecule has 140 valence electrons. The van der Waals surface area contributed by atoms with Crippen LogP contribution < -0.4 is 0 Å². The standard InChI is InChI=1S/C21H28N2O3/c1-15-2-5-18(24)17(12-15)20(26)22-10-8-21(9-11-22)7-6-19(25)23(14-21)13-16-3-4-16/h2,5,12,16,24H,3-4,6-11,13-14H2,1H3. The molecule has 1 aromatic rings. The van der Waals surface area contributed by atoms with Gasteiger partial charge in [-0.15, -0.1) is 0 Å². The Bertz CT molecular complexity index is 718. The van der Waals surface area contributed by atoms with Crippen molar-refractivity contribution in [3.63, 3.8) is 0 Å². The summed E-state index contributed by atoms with van der Waals surface area (Å²) in [6.45, 7) is 5.13. The molecule has 0 atom stereocenters. The fraction of sp³-hybridized carbons (Fsp3) is 0.619. The first kappa shape index (κ1) is 17.4. The number of benzene rings is 1. The zero-order chi connectivity index (χ0) is 18.3. The number of hydrogen-bond acceptors (Lipinski definition) is 3. The molecular formula is C21H28N2O3. The Morgan fingerprint density at radius 1 is 1.23 bits per heavy atom. The van der Waals surface area contributed by atoms with Crippen molar-refractivity contribution in [3.8, 4) is 5.75 Å². The molecule has 5 heteroatoms. The van der Waals surface area contributed by atoms with Gasteiger partial charge >= 0.3 is 0 Å². The number of phenolic OH excluding ortho intramolecular Hbond substituents is 1. The van der Waals surface area contributed by atoms with E-state index >= 15 is 0 Å². The Hall–Kier alpha value is -2.04. The first-order valence-electron chi connectivity index (χ1n) is 9.82. The highest BCUT2D eigenvalue weighted by Crippen LogP contribution is 2.42. The van der Waals surface area contributed by atoms with Gasteiger partial charge in [0, 0.05) is 32.6 Å². The number of amides is 2. The van der Waals surface area contributed by atoms with Gasteiger partial charge in [0.2, 0.25) is 5.91 Å². The third-order valence-corrected chi connectivity index (χ3v) is 6.42. The van der Waals surface area contributed by atoms with E-state index < -0.39 is 0 Å². The van der Waals surface area contributed by atoms with Crippen LogP contribution in [0.1, 0.15) is 54.4 Å². The molecule has 1 spiro atoms. The predicted molar refractivity (Wildman–Crippen MR) is 99.0 cm³/mol. The molecule has 1 aliphatic carbocycles. The van der Waals surface area contributed by atoms with Gasteiger partial charge in [0.25, 0.3) is 5.91 Å². The summed E-state index contributed by atoms with van der Waals surface area (Å²) in [7, 11) is 0. The molecular weight excluding hydrogens is 328 g/mol. The second kappa shape index (κ2) is 6.60. The highest BCUT2D eigenvalue weighted by molar-refractivity contribution is 5.97. The Kier molecular flexibility index (Phi) is 4.41. The Balaban J connectivity index is 1.41. The first-order valence-corrected chi connectivity index (χ1v) is 9.82. The van der Waals surface area contributed by atoms with E-state index in [1.54, 1.807) is 12.1 Å². The molecule has 0 aromatic heterocycles. The van der Waals surface area contributed by atoms with Crippen LogP contribution in [0, 0.1) is 18.3 Å². The summed E-state index contributed by atoms with van der Waals surface area (Å²) < 4.78 is 0. The van der Waals surface area contributed by atoms with Crippen LogP contribution >= 0.6 is 0 Å². The quantitative estimate of drug-likeness (QED) is 0.906. The molecule has 4 rings (SSSR count). The normalized spacial score (nSPS) is 22.7. The monoisotopic (exact) mass is 356 g/mol. The van der Waals surface area contributed by atoms with Crippen LogP contribution in [-0.4, -0.2) is 52.9 Å². The van der Waals surface area contributed by atoms with Crippen LogP contribution in [0.5, 0.6) is 5.75 Å². The second-order valence-electron chi connectivity index (χ2n) is 8.53. The number of aryl methyl sites for hydroxylation is 1. The molecule has 1 aromatic carbocycles. The second-order valence-corrected chi connectivity index (χ2v) is 8.53. The van der Waals surface area contributed by atoms with E-state index in [9.17, 15) is 14.7 Å². The lowest BCUT2D eigenvalue weighted by molar-refractivity contribution is -0.139. The first-order chi connectivity index (χ1) is 12.5. The maximum atomic E-state index is 12.8. The number of aromatic hydroxyl groups is 1. The molecule has 26 heavy (non-hydrogen) atoms. The molecule has 3 aliphatic rings. The van der Waals surface area contributed by atoms with Crippen LogP contribution in [0.2, 0.25) is 0 Å². The number of hydrogen-bond donors (Lipinski definition) is 1. The third-order valence-electron chi connectivity index (χ3n) is 6.42. The van der Waals surface area contributed by atoms with E-state index in [-0.39, 0.29) is 17.1 Å². The molecule has 2 amide bonds. The molecule has 3 fully saturated rings. The fourth-order valence-corrected chi connectivity index (χ4v) is 4.46. The molecule has 2 aliphatic heterocycles. The van der Waals surface area contributed by atoms with Crippen molar-refractivity contribution in [1.29, 1.82) is 0 Å². The van der Waals surface area contributed by atoms with Gasteiger partial charge in [0.1, 0.15) is 5.75 Å². The van der Waals surface area contributed by atoms with Crippen molar-refractivity contribution >= 4 is 11.8 Å². The summed E-state index contributed by atoms with van der Waals surface area (Å²) in [5.74, 6) is 1.01. The van der Waals surface area contributed by atoms with Gasteiger partial charge in [0.05, 0.1) is 5.56 Å². The molecule has 1 N–H and O–H groups in total. The number of piperidine rings is 2. The lowest BCUT2D eigenvalue weighted by Crippen LogP contribution is -2.52. The van der Waals surface area contributed by atoms with Gasteiger partial charge in [-0.2, -0.15) is 0 Å². The summed E-state index contributed by atoms with van der Waals surface area (Å²) in [6, 6.07) is 5.17. The van der Waals surface area contributed by atoms with Crippen molar-refractivity contribution in [3.05, 3.63) is 29.3 Å². The minimum absolute atomic E-state index is 0.0553. The van der Waals surface area contributed by atoms with Gasteiger partial charge in [-0.1, -0.05) is 11.6 Å². The molecule has 1 saturated carbocycles. The minimum atomic E-state index is -0.0808. The number of nitrogens with zero attached hydrogens (tertiary/aromatic N) is 2. The zero-order valence-corrected chi connectivity index (χ0v) is 15.5. The lowest BCUT2D eigenvalue weighted by atomic mass is 9.72. The van der Waals surface area contributed by atoms with E-state index in [4.69, 9.17) is 0 Å². The maximum Gasteiger partial charge on any atom is 0.257 e. The average Bonchev–Trinajstić information content (AvgIpc) is 3.45. The predicted octanol–water partition coefficient (Wildman–Crippen LogP) is 2.96.